The molecule has 0 radical (unpaired) electrons. The Kier molecular flexibility index (Phi) is 36.7. The van der Waals surface area contributed by atoms with Gasteiger partial charge >= 0.3 is 13.8 Å². The number of nitrogens with zero attached hydrogens (tertiary/aromatic N) is 1. The Morgan fingerprint density at radius 2 is 1.04 bits per heavy atom. The van der Waals surface area contributed by atoms with Crippen LogP contribution in [0.4, 0.5) is 0 Å². The minimum absolute atomic E-state index is 0.0855. The second-order valence-electron chi connectivity index (χ2n) is 15.7. The van der Waals surface area contributed by atoms with Crippen LogP contribution in [0.1, 0.15) is 181 Å². The second-order valence-corrected chi connectivity index (χ2v) is 17.2. The molecule has 0 aliphatic rings. The van der Waals surface area contributed by atoms with E-state index in [1.165, 1.54) is 116 Å². The number of ether oxygens (including phenoxy) is 2. The molecule has 0 spiro atoms. The summed E-state index contributed by atoms with van der Waals surface area (Å²) < 4.78 is 35.0. The maximum absolute atomic E-state index is 12.7. The van der Waals surface area contributed by atoms with Crippen LogP contribution >= 0.6 is 7.82 Å². The van der Waals surface area contributed by atoms with Crippen molar-refractivity contribution in [1.29, 1.82) is 0 Å². The van der Waals surface area contributed by atoms with Crippen molar-refractivity contribution in [2.75, 3.05) is 54.1 Å². The van der Waals surface area contributed by atoms with E-state index in [4.69, 9.17) is 18.5 Å². The van der Waals surface area contributed by atoms with Crippen molar-refractivity contribution in [3.63, 3.8) is 0 Å². The molecule has 2 unspecified atom stereocenters. The van der Waals surface area contributed by atoms with Crippen molar-refractivity contribution in [1.82, 2.24) is 0 Å². The summed E-state index contributed by atoms with van der Waals surface area (Å²) in [5.74, 6) is -0.324. The van der Waals surface area contributed by atoms with Gasteiger partial charge in [0.15, 0.2) is 0 Å². The molecule has 9 heteroatoms. The fourth-order valence-corrected chi connectivity index (χ4v) is 6.49. The van der Waals surface area contributed by atoms with Crippen molar-refractivity contribution < 1.29 is 37.3 Å². The van der Waals surface area contributed by atoms with Crippen LogP contribution in [0, 0.1) is 0 Å². The number of likely N-dealkylation sites (N-methyl/N-ethyl adjacent to an activating group) is 1. The lowest BCUT2D eigenvalue weighted by Crippen LogP contribution is -2.37. The summed E-state index contributed by atoms with van der Waals surface area (Å²) in [6, 6.07) is 0. The van der Waals surface area contributed by atoms with E-state index in [9.17, 15) is 14.3 Å². The topological polar surface area (TPSA) is 91.3 Å². The molecule has 2 atom stereocenters. The van der Waals surface area contributed by atoms with Crippen LogP contribution in [-0.2, 0) is 27.9 Å². The monoisotopic (exact) mass is 771 g/mol. The molecule has 312 valence electrons. The van der Waals surface area contributed by atoms with E-state index in [0.29, 0.717) is 24.1 Å². The largest absolute Gasteiger partial charge is 0.472 e. The van der Waals surface area contributed by atoms with Gasteiger partial charge in [0, 0.05) is 13.0 Å². The predicted octanol–water partition coefficient (Wildman–Crippen LogP) is 12.6. The molecular formula is C44H85NO7P+. The number of hydrogen-bond donors (Lipinski definition) is 1. The van der Waals surface area contributed by atoms with Gasteiger partial charge in [-0.1, -0.05) is 140 Å². The average molecular weight is 771 g/mol. The fraction of sp³-hybridized carbons (Fsp3) is 0.841. The Morgan fingerprint density at radius 3 is 1.58 bits per heavy atom. The van der Waals surface area contributed by atoms with Gasteiger partial charge in [-0.05, 0) is 70.6 Å². The first kappa shape index (κ1) is 51.7. The number of carbonyl (C=O) groups is 1. The Hall–Kier alpha value is -1.28. The lowest BCUT2D eigenvalue weighted by molar-refractivity contribution is -0.870. The average Bonchev–Trinajstić information content (AvgIpc) is 3.11. The minimum Gasteiger partial charge on any atom is -0.457 e. The molecule has 0 heterocycles. The van der Waals surface area contributed by atoms with E-state index in [2.05, 4.69) is 50.3 Å². The summed E-state index contributed by atoms with van der Waals surface area (Å²) in [5, 5.41) is 0. The van der Waals surface area contributed by atoms with Crippen LogP contribution in [0.3, 0.4) is 0 Å². The summed E-state index contributed by atoms with van der Waals surface area (Å²) in [5.41, 5.74) is 0. The quantitative estimate of drug-likeness (QED) is 0.0218. The van der Waals surface area contributed by atoms with Crippen LogP contribution in [0.5, 0.6) is 0 Å². The molecule has 0 aromatic rings. The summed E-state index contributed by atoms with van der Waals surface area (Å²) in [7, 11) is 1.66. The first-order chi connectivity index (χ1) is 25.6. The molecule has 0 aliphatic carbocycles. The fourth-order valence-electron chi connectivity index (χ4n) is 5.75. The van der Waals surface area contributed by atoms with Gasteiger partial charge in [-0.2, -0.15) is 0 Å². The lowest BCUT2D eigenvalue weighted by Gasteiger charge is -2.24. The van der Waals surface area contributed by atoms with E-state index in [0.717, 1.165) is 44.9 Å². The molecule has 0 aliphatic heterocycles. The molecule has 0 fully saturated rings. The molecule has 0 saturated carbocycles. The van der Waals surface area contributed by atoms with Gasteiger partial charge in [-0.25, -0.2) is 4.57 Å². The molecule has 0 bridgehead atoms. The van der Waals surface area contributed by atoms with E-state index in [1.807, 2.05) is 21.1 Å². The van der Waals surface area contributed by atoms with E-state index >= 15 is 0 Å². The molecule has 0 aromatic heterocycles. The summed E-state index contributed by atoms with van der Waals surface area (Å²) in [6.07, 6.45) is 43.1. The lowest BCUT2D eigenvalue weighted by atomic mass is 10.1. The number of allylic oxidation sites excluding steroid dienone is 6. The molecule has 53 heavy (non-hydrogen) atoms. The number of phosphoric ester groups is 1. The van der Waals surface area contributed by atoms with Gasteiger partial charge < -0.3 is 18.9 Å². The molecule has 1 N–H and O–H groups in total. The number of phosphoric acid groups is 1. The normalized spacial score (nSPS) is 14.2. The Labute approximate surface area is 327 Å². The van der Waals surface area contributed by atoms with Crippen LogP contribution in [0.15, 0.2) is 36.5 Å². The zero-order chi connectivity index (χ0) is 39.1. The third-order valence-electron chi connectivity index (χ3n) is 9.17. The zero-order valence-corrected chi connectivity index (χ0v) is 36.1. The number of quaternary nitrogens is 1. The van der Waals surface area contributed by atoms with Crippen molar-refractivity contribution in [2.45, 2.75) is 187 Å². The van der Waals surface area contributed by atoms with E-state index in [1.54, 1.807) is 0 Å². The number of esters is 1. The summed E-state index contributed by atoms with van der Waals surface area (Å²) in [4.78, 5) is 22.9. The second kappa shape index (κ2) is 37.6. The number of carbonyl (C=O) groups excluding carboxylic acids is 1. The highest BCUT2D eigenvalue weighted by Gasteiger charge is 2.26. The van der Waals surface area contributed by atoms with Gasteiger partial charge in [0.2, 0.25) is 0 Å². The van der Waals surface area contributed by atoms with E-state index < -0.39 is 13.9 Å². The maximum Gasteiger partial charge on any atom is 0.472 e. The van der Waals surface area contributed by atoms with Crippen molar-refractivity contribution >= 4 is 13.8 Å². The summed E-state index contributed by atoms with van der Waals surface area (Å²) >= 11 is 0. The minimum atomic E-state index is -4.28. The molecule has 0 saturated heterocycles. The Balaban J connectivity index is 4.26. The first-order valence-electron chi connectivity index (χ1n) is 21.7. The molecule has 0 amide bonds. The number of unbranched alkanes of at least 4 members (excludes halogenated alkanes) is 20. The van der Waals surface area contributed by atoms with Gasteiger partial charge in [-0.15, -0.1) is 0 Å². The molecular weight excluding hydrogens is 685 g/mol. The smallest absolute Gasteiger partial charge is 0.457 e. The SMILES string of the molecule is CCCCC/C=C\C/C=C\CCCCCCCCCC(=O)OC(COCCCCCCCC/C=C\CCCCCC)COP(=O)(O)OCC[N+](C)(C)C. The van der Waals surface area contributed by atoms with Crippen molar-refractivity contribution in [3.05, 3.63) is 36.5 Å². The highest BCUT2D eigenvalue weighted by Crippen LogP contribution is 2.43. The van der Waals surface area contributed by atoms with E-state index in [-0.39, 0.29) is 25.8 Å². The number of rotatable bonds is 40. The van der Waals surface area contributed by atoms with Crippen LogP contribution in [0.2, 0.25) is 0 Å². The standard InChI is InChI=1S/C44H84NO7P/c1-6-8-10-12-14-16-18-20-22-23-24-25-27-29-31-33-35-37-44(46)52-43(42-51-53(47,48)50-40-38-45(3,4)5)41-49-39-36-34-32-30-28-26-21-19-17-15-13-11-9-7-2/h14,16-17,19-20,22,43H,6-13,15,18,21,23-42H2,1-5H3/p+1/b16-14-,19-17-,22-20-. The van der Waals surface area contributed by atoms with Gasteiger partial charge in [0.05, 0.1) is 34.4 Å². The highest BCUT2D eigenvalue weighted by atomic mass is 31.2. The van der Waals surface area contributed by atoms with Crippen molar-refractivity contribution in [2.24, 2.45) is 0 Å². The Bertz CT molecular complexity index is 947. The molecule has 0 rings (SSSR count). The third-order valence-corrected chi connectivity index (χ3v) is 10.2. The first-order valence-corrected chi connectivity index (χ1v) is 23.2. The van der Waals surface area contributed by atoms with Crippen molar-refractivity contribution in [3.8, 4) is 0 Å². The number of hydrogen-bond acceptors (Lipinski definition) is 6. The predicted molar refractivity (Wildman–Crippen MR) is 224 cm³/mol. The zero-order valence-electron chi connectivity index (χ0n) is 35.3. The van der Waals surface area contributed by atoms with Gasteiger partial charge in [0.1, 0.15) is 19.3 Å². The van der Waals surface area contributed by atoms with Crippen LogP contribution in [0.25, 0.3) is 0 Å². The van der Waals surface area contributed by atoms with Gasteiger partial charge in [-0.3, -0.25) is 13.8 Å². The summed E-state index contributed by atoms with van der Waals surface area (Å²) in [6.45, 7) is 5.56. The highest BCUT2D eigenvalue weighted by molar-refractivity contribution is 7.47. The van der Waals surface area contributed by atoms with Crippen LogP contribution < -0.4 is 0 Å². The maximum atomic E-state index is 12.7. The molecule has 0 aromatic carbocycles. The van der Waals surface area contributed by atoms with Gasteiger partial charge in [0.25, 0.3) is 0 Å². The Morgan fingerprint density at radius 1 is 0.585 bits per heavy atom. The molecule has 8 nitrogen and oxygen atoms in total. The third kappa shape index (κ3) is 41.7. The van der Waals surface area contributed by atoms with Crippen LogP contribution in [-0.4, -0.2) is 75.6 Å².